The number of para-hydroxylation sites is 1. The molecule has 3 N–H and O–H groups in total. The average molecular weight is 413 g/mol. The monoisotopic (exact) mass is 413 g/mol. The van der Waals surface area contributed by atoms with Crippen molar-refractivity contribution in [3.63, 3.8) is 0 Å². The third-order valence-electron chi connectivity index (χ3n) is 4.78. The van der Waals surface area contributed by atoms with Crippen molar-refractivity contribution >= 4 is 17.5 Å². The van der Waals surface area contributed by atoms with Crippen LogP contribution in [-0.2, 0) is 15.8 Å². The Labute approximate surface area is 162 Å². The summed E-state index contributed by atoms with van der Waals surface area (Å²) >= 11 is 0. The van der Waals surface area contributed by atoms with E-state index >= 15 is 0 Å². The molecular weight excluding hydrogens is 397 g/mol. The van der Waals surface area contributed by atoms with E-state index in [1.54, 1.807) is 0 Å². The molecule has 1 fully saturated rings. The number of hydrogen-bond acceptors (Lipinski definition) is 3. The lowest BCUT2D eigenvalue weighted by Crippen LogP contribution is -2.52. The van der Waals surface area contributed by atoms with Gasteiger partial charge in [-0.3, -0.25) is 14.6 Å². The Morgan fingerprint density at radius 2 is 1.79 bits per heavy atom. The van der Waals surface area contributed by atoms with Crippen LogP contribution >= 0.6 is 0 Å². The molecule has 2 aromatic rings. The number of nitrogens with zero attached hydrogens (tertiary/aromatic N) is 1. The van der Waals surface area contributed by atoms with Crippen LogP contribution in [0, 0.1) is 17.6 Å². The summed E-state index contributed by atoms with van der Waals surface area (Å²) in [6, 6.07) is 7.26. The van der Waals surface area contributed by atoms with Gasteiger partial charge in [0.25, 0.3) is 0 Å². The molecule has 5 nitrogen and oxygen atoms in total. The first kappa shape index (κ1) is 20.7. The van der Waals surface area contributed by atoms with Crippen LogP contribution in [0.15, 0.2) is 42.5 Å². The second-order valence-corrected chi connectivity index (χ2v) is 6.61. The molecule has 2 atom stereocenters. The minimum Gasteiger partial charge on any atom is -0.325 e. The smallest absolute Gasteiger partial charge is 0.325 e. The normalized spacial score (nSPS) is 19.9. The number of carbonyl (C=O) groups is 2. The van der Waals surface area contributed by atoms with E-state index in [-0.39, 0.29) is 18.5 Å². The van der Waals surface area contributed by atoms with Crippen molar-refractivity contribution in [2.45, 2.75) is 18.5 Å². The molecule has 2 aromatic carbocycles. The maximum absolute atomic E-state index is 13.6. The first-order valence-corrected chi connectivity index (χ1v) is 8.57. The molecule has 0 radical (unpaired) electrons. The summed E-state index contributed by atoms with van der Waals surface area (Å²) in [5, 5.41) is 2.92. The molecule has 2 amide bonds. The Balaban J connectivity index is 1.95. The number of alkyl halides is 3. The molecule has 29 heavy (non-hydrogen) atoms. The van der Waals surface area contributed by atoms with E-state index in [2.05, 4.69) is 5.32 Å². The van der Waals surface area contributed by atoms with Crippen LogP contribution in [0.5, 0.6) is 0 Å². The zero-order valence-corrected chi connectivity index (χ0v) is 14.8. The third kappa shape index (κ3) is 4.21. The first-order valence-electron chi connectivity index (χ1n) is 8.57. The third-order valence-corrected chi connectivity index (χ3v) is 4.78. The quantitative estimate of drug-likeness (QED) is 0.350. The van der Waals surface area contributed by atoms with Crippen molar-refractivity contribution in [3.8, 4) is 0 Å². The number of hydrazine groups is 1. The lowest BCUT2D eigenvalue weighted by atomic mass is 9.79. The van der Waals surface area contributed by atoms with Crippen molar-refractivity contribution in [2.24, 2.45) is 11.8 Å². The number of rotatable bonds is 3. The first-order chi connectivity index (χ1) is 13.6. The molecule has 10 heteroatoms. The number of amides is 2. The average Bonchev–Trinajstić information content (AvgIpc) is 2.65. The molecule has 0 bridgehead atoms. The second kappa shape index (κ2) is 7.78. The van der Waals surface area contributed by atoms with Crippen LogP contribution in [0.1, 0.15) is 23.5 Å². The van der Waals surface area contributed by atoms with Gasteiger partial charge in [0.1, 0.15) is 5.92 Å². The Bertz CT molecular complexity index is 948. The van der Waals surface area contributed by atoms with Crippen LogP contribution in [0.3, 0.4) is 0 Å². The SMILES string of the molecule is NN1CCC(c2ccc(F)c(F)c2)C(C(=O)Nc2ccccc2C(F)(F)F)C1=O. The molecule has 1 saturated heterocycles. The molecule has 0 aliphatic carbocycles. The number of benzene rings is 2. The maximum Gasteiger partial charge on any atom is 0.418 e. The highest BCUT2D eigenvalue weighted by Crippen LogP contribution is 2.37. The van der Waals surface area contributed by atoms with Gasteiger partial charge in [0.15, 0.2) is 11.6 Å². The van der Waals surface area contributed by atoms with Gasteiger partial charge in [0.05, 0.1) is 11.3 Å². The number of nitrogens with one attached hydrogen (secondary N) is 1. The highest BCUT2D eigenvalue weighted by Gasteiger charge is 2.42. The maximum atomic E-state index is 13.6. The Kier molecular flexibility index (Phi) is 5.56. The van der Waals surface area contributed by atoms with Crippen molar-refractivity contribution in [1.29, 1.82) is 0 Å². The Morgan fingerprint density at radius 3 is 2.45 bits per heavy atom. The number of anilines is 1. The Hall–Kier alpha value is -3.01. The number of nitrogens with two attached hydrogens (primary N) is 1. The molecule has 0 saturated carbocycles. The largest absolute Gasteiger partial charge is 0.418 e. The van der Waals surface area contributed by atoms with Gasteiger partial charge in [0, 0.05) is 12.5 Å². The molecule has 1 heterocycles. The lowest BCUT2D eigenvalue weighted by molar-refractivity contribution is -0.144. The molecule has 2 unspecified atom stereocenters. The fourth-order valence-corrected chi connectivity index (χ4v) is 3.35. The van der Waals surface area contributed by atoms with Crippen LogP contribution in [0.2, 0.25) is 0 Å². The minimum absolute atomic E-state index is 0.0470. The molecule has 154 valence electrons. The van der Waals surface area contributed by atoms with Crippen LogP contribution in [0.4, 0.5) is 27.6 Å². The van der Waals surface area contributed by atoms with Crippen molar-refractivity contribution in [2.75, 3.05) is 11.9 Å². The van der Waals surface area contributed by atoms with Gasteiger partial charge >= 0.3 is 6.18 Å². The number of hydrogen-bond donors (Lipinski definition) is 2. The number of carbonyl (C=O) groups excluding carboxylic acids is 2. The van der Waals surface area contributed by atoms with Crippen molar-refractivity contribution in [1.82, 2.24) is 5.01 Å². The predicted octanol–water partition coefficient (Wildman–Crippen LogP) is 3.43. The van der Waals surface area contributed by atoms with Crippen LogP contribution < -0.4 is 11.2 Å². The van der Waals surface area contributed by atoms with Gasteiger partial charge in [-0.05, 0) is 36.2 Å². The predicted molar refractivity (Wildman–Crippen MR) is 93.2 cm³/mol. The Morgan fingerprint density at radius 1 is 1.10 bits per heavy atom. The number of piperidine rings is 1. The van der Waals surface area contributed by atoms with Gasteiger partial charge in [-0.1, -0.05) is 18.2 Å². The fourth-order valence-electron chi connectivity index (χ4n) is 3.35. The molecule has 1 aliphatic heterocycles. The molecule has 1 aliphatic rings. The zero-order chi connectivity index (χ0) is 21.3. The number of halogens is 5. The van der Waals surface area contributed by atoms with Gasteiger partial charge in [-0.25, -0.2) is 14.6 Å². The van der Waals surface area contributed by atoms with Gasteiger partial charge < -0.3 is 5.32 Å². The summed E-state index contributed by atoms with van der Waals surface area (Å²) in [5.41, 5.74) is -1.42. The molecular formula is C19H16F5N3O2. The summed E-state index contributed by atoms with van der Waals surface area (Å²) in [6.07, 6.45) is -4.58. The standard InChI is InChI=1S/C19H16F5N3O2/c20-13-6-5-10(9-14(13)21)11-7-8-27(25)18(29)16(11)17(28)26-15-4-2-1-3-12(15)19(22,23)24/h1-6,9,11,16H,7-8,25H2,(H,26,28). The van der Waals surface area contributed by atoms with E-state index in [0.717, 1.165) is 35.3 Å². The van der Waals surface area contributed by atoms with E-state index in [9.17, 15) is 31.5 Å². The summed E-state index contributed by atoms with van der Waals surface area (Å²) in [7, 11) is 0. The summed E-state index contributed by atoms with van der Waals surface area (Å²) in [5.74, 6) is -0.900. The summed E-state index contributed by atoms with van der Waals surface area (Å²) in [4.78, 5) is 25.3. The van der Waals surface area contributed by atoms with E-state index in [1.807, 2.05) is 0 Å². The lowest BCUT2D eigenvalue weighted by Gasteiger charge is -2.35. The van der Waals surface area contributed by atoms with E-state index in [0.29, 0.717) is 0 Å². The van der Waals surface area contributed by atoms with E-state index in [4.69, 9.17) is 5.84 Å². The van der Waals surface area contributed by atoms with E-state index in [1.165, 1.54) is 12.1 Å². The van der Waals surface area contributed by atoms with Gasteiger partial charge in [0.2, 0.25) is 11.8 Å². The summed E-state index contributed by atoms with van der Waals surface area (Å²) < 4.78 is 66.4. The van der Waals surface area contributed by atoms with Crippen molar-refractivity contribution < 1.29 is 31.5 Å². The molecule has 0 spiro atoms. The topological polar surface area (TPSA) is 75.4 Å². The van der Waals surface area contributed by atoms with E-state index < -0.39 is 52.7 Å². The molecule has 3 rings (SSSR count). The highest BCUT2D eigenvalue weighted by molar-refractivity contribution is 6.07. The second-order valence-electron chi connectivity index (χ2n) is 6.61. The highest BCUT2D eigenvalue weighted by atomic mass is 19.4. The zero-order valence-electron chi connectivity index (χ0n) is 14.8. The van der Waals surface area contributed by atoms with Crippen LogP contribution in [-0.4, -0.2) is 23.4 Å². The van der Waals surface area contributed by atoms with Gasteiger partial charge in [-0.2, -0.15) is 13.2 Å². The molecule has 0 aromatic heterocycles. The fraction of sp³-hybridized carbons (Fsp3) is 0.263. The van der Waals surface area contributed by atoms with Crippen molar-refractivity contribution in [3.05, 3.63) is 65.2 Å². The minimum atomic E-state index is -4.72. The summed E-state index contributed by atoms with van der Waals surface area (Å²) in [6.45, 7) is 0.0470. The van der Waals surface area contributed by atoms with Crippen LogP contribution in [0.25, 0.3) is 0 Å². The van der Waals surface area contributed by atoms with Gasteiger partial charge in [-0.15, -0.1) is 0 Å².